The van der Waals surface area contributed by atoms with Crippen molar-refractivity contribution in [2.24, 2.45) is 0 Å². The van der Waals surface area contributed by atoms with E-state index < -0.39 is 0 Å². The Morgan fingerprint density at radius 3 is 2.54 bits per heavy atom. The second kappa shape index (κ2) is 8.98. The zero-order valence-corrected chi connectivity index (χ0v) is 13.5. The second-order valence-electron chi connectivity index (χ2n) is 5.46. The molecule has 0 radical (unpaired) electrons. The molecule has 0 atom stereocenters. The molecule has 0 aliphatic rings. The van der Waals surface area contributed by atoms with Crippen LogP contribution in [0.1, 0.15) is 5.56 Å². The van der Waals surface area contributed by atoms with Gasteiger partial charge in [0.1, 0.15) is 24.0 Å². The van der Waals surface area contributed by atoms with Crippen LogP contribution in [0.2, 0.25) is 0 Å². The average Bonchev–Trinajstić information content (AvgIpc) is 2.51. The Balaban J connectivity index is 1.65. The van der Waals surface area contributed by atoms with Gasteiger partial charge in [0.05, 0.1) is 13.1 Å². The van der Waals surface area contributed by atoms with Crippen molar-refractivity contribution in [2.75, 3.05) is 26.7 Å². The van der Waals surface area contributed by atoms with Crippen LogP contribution in [0.5, 0.6) is 5.75 Å². The van der Waals surface area contributed by atoms with Gasteiger partial charge in [0.25, 0.3) is 0 Å². The summed E-state index contributed by atoms with van der Waals surface area (Å²) in [6, 6.07) is 12.1. The largest absolute Gasteiger partial charge is 0.492 e. The number of nitrogens with one attached hydrogen (secondary N) is 1. The number of hydrogen-bond acceptors (Lipinski definition) is 3. The van der Waals surface area contributed by atoms with Crippen molar-refractivity contribution in [3.63, 3.8) is 0 Å². The lowest BCUT2D eigenvalue weighted by molar-refractivity contribution is -0.122. The fourth-order valence-corrected chi connectivity index (χ4v) is 2.22. The maximum atomic E-state index is 13.1. The Bertz CT molecular complexity index is 680. The van der Waals surface area contributed by atoms with Crippen molar-refractivity contribution in [3.8, 4) is 5.75 Å². The van der Waals surface area contributed by atoms with E-state index in [9.17, 15) is 13.6 Å². The summed E-state index contributed by atoms with van der Waals surface area (Å²) in [4.78, 5) is 13.6. The average molecular weight is 334 g/mol. The minimum absolute atomic E-state index is 0.156. The lowest BCUT2D eigenvalue weighted by Crippen LogP contribution is -2.36. The number of carbonyl (C=O) groups is 1. The molecule has 2 rings (SSSR count). The van der Waals surface area contributed by atoms with E-state index in [1.165, 1.54) is 24.3 Å². The van der Waals surface area contributed by atoms with Crippen LogP contribution < -0.4 is 10.1 Å². The molecular formula is C18H20F2N2O2. The molecule has 0 saturated carbocycles. The minimum atomic E-state index is -0.365. The van der Waals surface area contributed by atoms with Crippen molar-refractivity contribution >= 4 is 5.91 Å². The van der Waals surface area contributed by atoms with Gasteiger partial charge in [-0.1, -0.05) is 18.2 Å². The molecule has 0 fully saturated rings. The summed E-state index contributed by atoms with van der Waals surface area (Å²) < 4.78 is 31.4. The Morgan fingerprint density at radius 1 is 1.12 bits per heavy atom. The van der Waals surface area contributed by atoms with Gasteiger partial charge < -0.3 is 10.1 Å². The highest BCUT2D eigenvalue weighted by molar-refractivity contribution is 5.77. The van der Waals surface area contributed by atoms with E-state index in [0.717, 1.165) is 5.56 Å². The molecule has 0 heterocycles. The molecule has 0 aromatic heterocycles. The van der Waals surface area contributed by atoms with Crippen LogP contribution in [0.15, 0.2) is 48.5 Å². The van der Waals surface area contributed by atoms with Crippen molar-refractivity contribution in [2.45, 2.75) is 6.54 Å². The second-order valence-corrected chi connectivity index (χ2v) is 5.46. The molecule has 0 aliphatic carbocycles. The molecule has 0 spiro atoms. The van der Waals surface area contributed by atoms with Crippen LogP contribution in [0, 0.1) is 11.6 Å². The van der Waals surface area contributed by atoms with Crippen LogP contribution in [-0.4, -0.2) is 37.6 Å². The predicted octanol–water partition coefficient (Wildman–Crippen LogP) is 2.59. The number of benzene rings is 2. The fraction of sp³-hybridized carbons (Fsp3) is 0.278. The Morgan fingerprint density at radius 2 is 1.83 bits per heavy atom. The van der Waals surface area contributed by atoms with Crippen molar-refractivity contribution in [1.82, 2.24) is 10.2 Å². The highest BCUT2D eigenvalue weighted by Crippen LogP contribution is 2.11. The monoisotopic (exact) mass is 334 g/mol. The fourth-order valence-electron chi connectivity index (χ4n) is 2.22. The summed E-state index contributed by atoms with van der Waals surface area (Å²) >= 11 is 0. The van der Waals surface area contributed by atoms with Gasteiger partial charge in [0.2, 0.25) is 5.91 Å². The number of nitrogens with zero attached hydrogens (tertiary/aromatic N) is 1. The summed E-state index contributed by atoms with van der Waals surface area (Å²) in [5, 5.41) is 2.72. The molecular weight excluding hydrogens is 314 g/mol. The van der Waals surface area contributed by atoms with Crippen LogP contribution in [0.25, 0.3) is 0 Å². The number of rotatable bonds is 8. The highest BCUT2D eigenvalue weighted by Gasteiger charge is 2.07. The first-order chi connectivity index (χ1) is 11.5. The first-order valence-electron chi connectivity index (χ1n) is 7.61. The molecule has 2 aromatic rings. The normalized spacial score (nSPS) is 10.7. The Labute approximate surface area is 140 Å². The molecule has 128 valence electrons. The quantitative estimate of drug-likeness (QED) is 0.755. The third kappa shape index (κ3) is 6.34. The van der Waals surface area contributed by atoms with E-state index in [2.05, 4.69) is 5.32 Å². The number of hydrogen-bond donors (Lipinski definition) is 1. The maximum absolute atomic E-state index is 13.1. The van der Waals surface area contributed by atoms with Gasteiger partial charge in [0.15, 0.2) is 0 Å². The molecule has 0 unspecified atom stereocenters. The van der Waals surface area contributed by atoms with Crippen molar-refractivity contribution in [3.05, 3.63) is 65.7 Å². The van der Waals surface area contributed by atoms with Crippen LogP contribution in [0.4, 0.5) is 8.78 Å². The van der Waals surface area contributed by atoms with E-state index in [0.29, 0.717) is 18.8 Å². The van der Waals surface area contributed by atoms with Crippen LogP contribution >= 0.6 is 0 Å². The van der Waals surface area contributed by atoms with Gasteiger partial charge in [-0.3, -0.25) is 9.69 Å². The summed E-state index contributed by atoms with van der Waals surface area (Å²) in [6.07, 6.45) is 0. The van der Waals surface area contributed by atoms with Gasteiger partial charge in [0, 0.05) is 12.6 Å². The van der Waals surface area contributed by atoms with E-state index in [-0.39, 0.29) is 30.7 Å². The molecule has 0 aliphatic heterocycles. The maximum Gasteiger partial charge on any atom is 0.234 e. The van der Waals surface area contributed by atoms with E-state index in [1.54, 1.807) is 30.1 Å². The molecule has 4 nitrogen and oxygen atoms in total. The highest BCUT2D eigenvalue weighted by atomic mass is 19.1. The molecule has 24 heavy (non-hydrogen) atoms. The zero-order valence-electron chi connectivity index (χ0n) is 13.5. The molecule has 2 aromatic carbocycles. The van der Waals surface area contributed by atoms with Gasteiger partial charge in [-0.25, -0.2) is 8.78 Å². The molecule has 1 N–H and O–H groups in total. The number of amides is 1. The van der Waals surface area contributed by atoms with Gasteiger partial charge in [-0.15, -0.1) is 0 Å². The van der Waals surface area contributed by atoms with Crippen LogP contribution in [0.3, 0.4) is 0 Å². The van der Waals surface area contributed by atoms with Crippen molar-refractivity contribution in [1.29, 1.82) is 0 Å². The SMILES string of the molecule is CN(CC(=O)NCCOc1cccc(F)c1)Cc1cccc(F)c1. The predicted molar refractivity (Wildman–Crippen MR) is 87.6 cm³/mol. The first kappa shape index (κ1) is 17.9. The summed E-state index contributed by atoms with van der Waals surface area (Å²) in [7, 11) is 1.79. The van der Waals surface area contributed by atoms with Gasteiger partial charge in [-0.2, -0.15) is 0 Å². The minimum Gasteiger partial charge on any atom is -0.492 e. The third-order valence-electron chi connectivity index (χ3n) is 3.24. The summed E-state index contributed by atoms with van der Waals surface area (Å²) in [6.45, 7) is 1.24. The summed E-state index contributed by atoms with van der Waals surface area (Å²) in [5.41, 5.74) is 0.805. The van der Waals surface area contributed by atoms with Crippen molar-refractivity contribution < 1.29 is 18.3 Å². The number of likely N-dealkylation sites (N-methyl/N-ethyl adjacent to an activating group) is 1. The number of halogens is 2. The number of ether oxygens (including phenoxy) is 1. The molecule has 1 amide bonds. The zero-order chi connectivity index (χ0) is 17.4. The third-order valence-corrected chi connectivity index (χ3v) is 3.24. The summed E-state index contributed by atoms with van der Waals surface area (Å²) in [5.74, 6) is -0.389. The Kier molecular flexibility index (Phi) is 6.69. The smallest absolute Gasteiger partial charge is 0.234 e. The standard InChI is InChI=1S/C18H20F2N2O2/c1-22(12-14-4-2-5-15(19)10-14)13-18(23)21-8-9-24-17-7-3-6-16(20)11-17/h2-7,10-11H,8-9,12-13H2,1H3,(H,21,23). The van der Waals surface area contributed by atoms with E-state index >= 15 is 0 Å². The molecule has 0 saturated heterocycles. The van der Waals surface area contributed by atoms with Gasteiger partial charge in [-0.05, 0) is 36.9 Å². The van der Waals surface area contributed by atoms with E-state index in [4.69, 9.17) is 4.74 Å². The topological polar surface area (TPSA) is 41.6 Å². The first-order valence-corrected chi connectivity index (χ1v) is 7.61. The molecule has 0 bridgehead atoms. The van der Waals surface area contributed by atoms with Crippen LogP contribution in [-0.2, 0) is 11.3 Å². The lowest BCUT2D eigenvalue weighted by atomic mass is 10.2. The van der Waals surface area contributed by atoms with E-state index in [1.807, 2.05) is 6.07 Å². The number of carbonyl (C=O) groups excluding carboxylic acids is 1. The van der Waals surface area contributed by atoms with Gasteiger partial charge >= 0.3 is 0 Å². The lowest BCUT2D eigenvalue weighted by Gasteiger charge is -2.16. The Hall–Kier alpha value is -2.47. The molecule has 6 heteroatoms.